The van der Waals surface area contributed by atoms with Gasteiger partial charge in [0, 0.05) is 9.79 Å². The summed E-state index contributed by atoms with van der Waals surface area (Å²) in [6.07, 6.45) is 0. The molecule has 0 nitrogen and oxygen atoms in total. The van der Waals surface area contributed by atoms with E-state index in [1.54, 1.807) is 0 Å². The fourth-order valence-corrected chi connectivity index (χ4v) is 6.01. The number of benzene rings is 2. The Hall–Kier alpha value is 0.0700. The minimum absolute atomic E-state index is 0.703. The van der Waals surface area contributed by atoms with Crippen molar-refractivity contribution in [2.45, 2.75) is 9.79 Å². The summed E-state index contributed by atoms with van der Waals surface area (Å²) in [5, 5.41) is 0. The van der Waals surface area contributed by atoms with E-state index in [4.69, 9.17) is 21.4 Å². The van der Waals surface area contributed by atoms with Gasteiger partial charge in [0.05, 0.1) is 0 Å². The summed E-state index contributed by atoms with van der Waals surface area (Å²) in [5.74, 6) is 0. The monoisotopic (exact) mass is 322 g/mol. The lowest BCUT2D eigenvalue weighted by Crippen LogP contribution is -2.09. The van der Waals surface area contributed by atoms with Crippen molar-refractivity contribution in [1.29, 1.82) is 0 Å². The highest BCUT2D eigenvalue weighted by Crippen LogP contribution is 3.12. The molecule has 2 rings (SSSR count). The molecule has 0 radical (unpaired) electrons. The van der Waals surface area contributed by atoms with E-state index >= 15 is 0 Å². The second-order valence-corrected chi connectivity index (χ2v) is 21.2. The molecule has 17 heavy (non-hydrogen) atoms. The zero-order valence-corrected chi connectivity index (χ0v) is 12.9. The van der Waals surface area contributed by atoms with Crippen LogP contribution in [0.25, 0.3) is 0 Å². The van der Waals surface area contributed by atoms with E-state index in [9.17, 15) is 0 Å². The molecule has 2 aromatic rings. The van der Waals surface area contributed by atoms with Gasteiger partial charge in [-0.2, -0.15) is 0 Å². The van der Waals surface area contributed by atoms with Crippen LogP contribution >= 0.6 is 49.5 Å². The van der Waals surface area contributed by atoms with Gasteiger partial charge in [-0.05, 0) is 50.4 Å². The SMILES string of the molecule is SS(S)(Cl)(Cl)(c1ccccc1)c1ccccc1. The lowest BCUT2D eigenvalue weighted by atomic mass is 10.4. The Balaban J connectivity index is 2.76. The first kappa shape index (κ1) is 13.5. The van der Waals surface area contributed by atoms with Crippen molar-refractivity contribution >= 4 is 49.5 Å². The Morgan fingerprint density at radius 3 is 1.24 bits per heavy atom. The highest BCUT2D eigenvalue weighted by atomic mass is 36.0. The van der Waals surface area contributed by atoms with Crippen molar-refractivity contribution in [2.24, 2.45) is 0 Å². The maximum atomic E-state index is 6.71. The molecule has 0 spiro atoms. The first-order valence-corrected chi connectivity index (χ1v) is 11.1. The zero-order valence-electron chi connectivity index (χ0n) is 8.83. The number of thiol groups is 2. The summed E-state index contributed by atoms with van der Waals surface area (Å²) in [5.41, 5.74) is 0. The van der Waals surface area contributed by atoms with Crippen LogP contribution in [-0.2, 0) is 0 Å². The van der Waals surface area contributed by atoms with Gasteiger partial charge in [-0.25, -0.2) is 0 Å². The molecule has 0 saturated carbocycles. The molecular formula is C12H12Cl2S3. The van der Waals surface area contributed by atoms with Crippen LogP contribution in [0.3, 0.4) is 0 Å². The second kappa shape index (κ2) is 3.78. The fourth-order valence-electron chi connectivity index (χ4n) is 1.56. The van der Waals surface area contributed by atoms with Crippen LogP contribution in [0, 0.1) is 0 Å². The summed E-state index contributed by atoms with van der Waals surface area (Å²) in [6.45, 7) is 0. The van der Waals surface area contributed by atoms with E-state index in [0.29, 0.717) is 9.79 Å². The van der Waals surface area contributed by atoms with Gasteiger partial charge in [0.1, 0.15) is 0 Å². The molecule has 0 unspecified atom stereocenters. The molecule has 0 atom stereocenters. The van der Waals surface area contributed by atoms with Crippen molar-refractivity contribution < 1.29 is 0 Å². The second-order valence-electron chi connectivity index (χ2n) is 3.82. The van der Waals surface area contributed by atoms with E-state index in [-0.39, 0.29) is 0 Å². The molecular weight excluding hydrogens is 311 g/mol. The van der Waals surface area contributed by atoms with Crippen LogP contribution in [0.1, 0.15) is 0 Å². The third-order valence-electron chi connectivity index (χ3n) is 2.50. The maximum Gasteiger partial charge on any atom is 0.0199 e. The molecule has 0 bridgehead atoms. The summed E-state index contributed by atoms with van der Waals surface area (Å²) in [6, 6.07) is 18.7. The summed E-state index contributed by atoms with van der Waals surface area (Å²) < 4.78 is 0. The van der Waals surface area contributed by atoms with Crippen LogP contribution in [0.15, 0.2) is 70.5 Å². The van der Waals surface area contributed by atoms with E-state index in [0.717, 1.165) is 0 Å². The smallest absolute Gasteiger partial charge is 0.0199 e. The Bertz CT molecular complexity index is 485. The van der Waals surface area contributed by atoms with Crippen LogP contribution in [0.4, 0.5) is 0 Å². The van der Waals surface area contributed by atoms with Crippen LogP contribution in [0.2, 0.25) is 0 Å². The molecule has 0 aliphatic heterocycles. The average molecular weight is 323 g/mol. The van der Waals surface area contributed by atoms with Gasteiger partial charge in [-0.15, -0.1) is 23.3 Å². The summed E-state index contributed by atoms with van der Waals surface area (Å²) >= 11 is 9.18. The van der Waals surface area contributed by atoms with Gasteiger partial charge < -0.3 is 0 Å². The lowest BCUT2D eigenvalue weighted by Gasteiger charge is -2.61. The standard InChI is InChI=1S/C12H12Cl2S3/c13-17(14,15,16,11-7-3-1-4-8-11)12-9-5-2-6-10-12/h1-10,15-16H. The normalized spacial score (nSPS) is 16.0. The molecule has 0 aliphatic carbocycles. The molecule has 5 heteroatoms. The van der Waals surface area contributed by atoms with Crippen LogP contribution < -0.4 is 0 Å². The molecule has 0 heterocycles. The molecule has 0 fully saturated rings. The van der Waals surface area contributed by atoms with E-state index < -0.39 is 4.79 Å². The third-order valence-corrected chi connectivity index (χ3v) is 9.74. The average Bonchev–Trinajstić information content (AvgIpc) is 2.30. The van der Waals surface area contributed by atoms with Gasteiger partial charge in [-0.3, -0.25) is 0 Å². The Morgan fingerprint density at radius 2 is 0.941 bits per heavy atom. The number of hydrogen-bond acceptors (Lipinski definition) is 2. The highest BCUT2D eigenvalue weighted by Gasteiger charge is 2.54. The molecule has 0 aromatic heterocycles. The highest BCUT2D eigenvalue weighted by molar-refractivity contribution is 9.50. The summed E-state index contributed by atoms with van der Waals surface area (Å²) in [7, 11) is 13.4. The van der Waals surface area contributed by atoms with Crippen molar-refractivity contribution in [1.82, 2.24) is 0 Å². The van der Waals surface area contributed by atoms with Crippen LogP contribution in [0.5, 0.6) is 0 Å². The number of rotatable bonds is 2. The molecule has 0 saturated heterocycles. The topological polar surface area (TPSA) is 0 Å². The minimum atomic E-state index is -4.05. The van der Waals surface area contributed by atoms with Gasteiger partial charge in [-0.1, -0.05) is 36.4 Å². The Labute approximate surface area is 119 Å². The first-order chi connectivity index (χ1) is 7.74. The predicted octanol–water partition coefficient (Wildman–Crippen LogP) is 5.98. The maximum absolute atomic E-state index is 6.71. The lowest BCUT2D eigenvalue weighted by molar-refractivity contribution is 1.39. The van der Waals surface area contributed by atoms with Gasteiger partial charge >= 0.3 is 0 Å². The van der Waals surface area contributed by atoms with Crippen molar-refractivity contribution in [3.05, 3.63) is 60.7 Å². The molecule has 2 aromatic carbocycles. The quantitative estimate of drug-likeness (QED) is 0.493. The minimum Gasteiger partial charge on any atom is -0.104 e. The van der Waals surface area contributed by atoms with Crippen molar-refractivity contribution in [3.63, 3.8) is 0 Å². The van der Waals surface area contributed by atoms with Gasteiger partial charge in [0.2, 0.25) is 0 Å². The fraction of sp³-hybridized carbons (Fsp3) is 0. The van der Waals surface area contributed by atoms with Crippen LogP contribution in [-0.4, -0.2) is 0 Å². The summed E-state index contributed by atoms with van der Waals surface area (Å²) in [4.78, 5) is -2.64. The van der Waals surface area contributed by atoms with Gasteiger partial charge in [0.15, 0.2) is 0 Å². The van der Waals surface area contributed by atoms with Crippen molar-refractivity contribution in [3.8, 4) is 0 Å². The largest absolute Gasteiger partial charge is 0.104 e. The predicted molar refractivity (Wildman–Crippen MR) is 86.7 cm³/mol. The zero-order chi connectivity index (χ0) is 12.6. The molecule has 0 N–H and O–H groups in total. The Morgan fingerprint density at radius 1 is 0.647 bits per heavy atom. The molecule has 92 valence electrons. The third kappa shape index (κ3) is 2.45. The molecule has 0 aliphatic rings. The van der Waals surface area contributed by atoms with E-state index in [1.807, 2.05) is 60.7 Å². The number of hydrogen-bond donors (Lipinski definition) is 2. The van der Waals surface area contributed by atoms with E-state index in [2.05, 4.69) is 23.3 Å². The Kier molecular flexibility index (Phi) is 3.00. The van der Waals surface area contributed by atoms with Gasteiger partial charge in [0.25, 0.3) is 0 Å². The number of halogens is 2. The molecule has 0 amide bonds. The first-order valence-electron chi connectivity index (χ1n) is 4.90. The van der Waals surface area contributed by atoms with E-state index in [1.165, 1.54) is 0 Å². The van der Waals surface area contributed by atoms with Crippen molar-refractivity contribution in [2.75, 3.05) is 0 Å².